The summed E-state index contributed by atoms with van der Waals surface area (Å²) < 4.78 is 153. The molecule has 0 atom stereocenters. The van der Waals surface area contributed by atoms with E-state index < -0.39 is 85.4 Å². The summed E-state index contributed by atoms with van der Waals surface area (Å²) in [6.45, 7) is 10.8. The highest BCUT2D eigenvalue weighted by Gasteiger charge is 2.32. The Balaban J connectivity index is 1.06. The van der Waals surface area contributed by atoms with E-state index in [4.69, 9.17) is 26.2 Å². The molecule has 0 spiro atoms. The maximum Gasteiger partial charge on any atom is 0.137 e. The predicted octanol–water partition coefficient (Wildman–Crippen LogP) is 18.6. The number of benzene rings is 9. The molecule has 6 heteroatoms. The lowest BCUT2D eigenvalue weighted by Crippen LogP contribution is -2.25. The second-order valence-corrected chi connectivity index (χ2v) is 21.0. The zero-order valence-electron chi connectivity index (χ0n) is 58.1. The first-order chi connectivity index (χ1) is 43.0. The van der Waals surface area contributed by atoms with Crippen LogP contribution in [-0.4, -0.2) is 20.8 Å². The number of ether oxygens (including phenoxy) is 1. The Hall–Kier alpha value is -8.87. The molecular formula is C69H59N5O. The lowest BCUT2D eigenvalue weighted by molar-refractivity contribution is 0.483. The summed E-state index contributed by atoms with van der Waals surface area (Å²) in [7, 11) is 0. The third-order valence-electron chi connectivity index (χ3n) is 14.2. The zero-order chi connectivity index (χ0) is 65.0. The molecule has 0 saturated carbocycles. The van der Waals surface area contributed by atoms with Crippen molar-refractivity contribution in [3.63, 3.8) is 0 Å². The Kier molecular flexibility index (Phi) is 7.46. The van der Waals surface area contributed by atoms with E-state index in [1.165, 1.54) is 28.0 Å². The van der Waals surface area contributed by atoms with Gasteiger partial charge in [0.15, 0.2) is 0 Å². The number of rotatable bonds is 8. The molecule has 366 valence electrons. The topological polar surface area (TPSA) is 38.5 Å². The predicted molar refractivity (Wildman–Crippen MR) is 314 cm³/mol. The van der Waals surface area contributed by atoms with Gasteiger partial charge in [-0.05, 0) is 112 Å². The summed E-state index contributed by atoms with van der Waals surface area (Å²) in [5, 5.41) is 0.578. The van der Waals surface area contributed by atoms with Gasteiger partial charge in [-0.2, -0.15) is 0 Å². The number of hydrogen-bond donors (Lipinski definition) is 0. The average Bonchev–Trinajstić information content (AvgIpc) is 1.55. The molecule has 13 rings (SSSR count). The molecule has 12 aromatic rings. The van der Waals surface area contributed by atoms with E-state index in [1.54, 1.807) is 47.0 Å². The summed E-state index contributed by atoms with van der Waals surface area (Å²) in [6, 6.07) is 35.0. The van der Waals surface area contributed by atoms with E-state index in [0.29, 0.717) is 34.2 Å². The van der Waals surface area contributed by atoms with Gasteiger partial charge in [0.25, 0.3) is 0 Å². The van der Waals surface area contributed by atoms with Gasteiger partial charge in [-0.15, -0.1) is 0 Å². The molecule has 0 aliphatic carbocycles. The van der Waals surface area contributed by atoms with Crippen LogP contribution in [0.4, 0.5) is 22.7 Å². The van der Waals surface area contributed by atoms with E-state index >= 15 is 0 Å². The highest BCUT2D eigenvalue weighted by Crippen LogP contribution is 2.49. The Morgan fingerprint density at radius 3 is 1.88 bits per heavy atom. The maximum atomic E-state index is 9.54. The lowest BCUT2D eigenvalue weighted by Gasteiger charge is -2.29. The Morgan fingerprint density at radius 2 is 1.16 bits per heavy atom. The normalized spacial score (nSPS) is 16.1. The number of hydrogen-bond acceptors (Lipinski definition) is 4. The SMILES string of the molecule is [2H]c1c([2H])c([2H])c(-c2cnc(-n3c4ccccc4c4c(-n5c6c([2H])c([2H])c([2H])c([2H])c6c6c([2H])c([2H])c([2H])c([2H])c65)cc(Oc5cccc(N6CN(c7cc(C(C)(C)C)cc(C(C)(C)C)c7)c7cc(-c8ccccc8)ccc76)c5)cc43)cc2C([2H])([2H])[2H])c([2H])c1[2H]. The highest BCUT2D eigenvalue weighted by atomic mass is 16.5. The van der Waals surface area contributed by atoms with Crippen molar-refractivity contribution >= 4 is 66.4 Å². The van der Waals surface area contributed by atoms with E-state index in [9.17, 15) is 5.48 Å². The lowest BCUT2D eigenvalue weighted by atomic mass is 9.80. The monoisotopic (exact) mass is 990 g/mol. The Labute approximate surface area is 461 Å². The Morgan fingerprint density at radius 1 is 0.480 bits per heavy atom. The van der Waals surface area contributed by atoms with Crippen LogP contribution in [0.5, 0.6) is 11.5 Å². The maximum absolute atomic E-state index is 9.54. The van der Waals surface area contributed by atoms with Crippen molar-refractivity contribution in [1.29, 1.82) is 0 Å². The standard InChI is InChI=1S/C69H59N5O/c1-45-35-66(70-43-58(45)47-23-12-9-13-24-47)74-61-32-19-16-29-57(61)67-64(73-59-30-17-14-27-55(59)56-28-15-18-31-60(56)73)41-54(42-65(67)74)75-53-26-20-25-51(40-53)71-44-72(52-38-49(68(2,3)4)37-50(39-52)69(5,6)7)63-36-48(33-34-62(63)71)46-21-10-8-11-22-46/h8-43H,44H2,1-7H3/i1D3,9D,12D,13D,14D,15D,17D,18D,23D,24D,27D,28D,30D,31D. The van der Waals surface area contributed by atoms with Crippen molar-refractivity contribution in [3.05, 3.63) is 235 Å². The van der Waals surface area contributed by atoms with Gasteiger partial charge in [0, 0.05) is 67.0 Å². The van der Waals surface area contributed by atoms with Crippen LogP contribution < -0.4 is 14.5 Å². The third-order valence-corrected chi connectivity index (χ3v) is 14.2. The van der Waals surface area contributed by atoms with E-state index in [0.717, 1.165) is 33.9 Å². The van der Waals surface area contributed by atoms with Gasteiger partial charge in [-0.25, -0.2) is 4.98 Å². The zero-order valence-corrected chi connectivity index (χ0v) is 42.1. The van der Waals surface area contributed by atoms with Gasteiger partial charge in [-0.3, -0.25) is 4.57 Å². The van der Waals surface area contributed by atoms with E-state index in [1.807, 2.05) is 36.4 Å². The number of pyridine rings is 1. The molecule has 6 nitrogen and oxygen atoms in total. The van der Waals surface area contributed by atoms with Crippen LogP contribution >= 0.6 is 0 Å². The largest absolute Gasteiger partial charge is 0.457 e. The van der Waals surface area contributed by atoms with E-state index in [-0.39, 0.29) is 66.6 Å². The fourth-order valence-corrected chi connectivity index (χ4v) is 10.3. The minimum Gasteiger partial charge on any atom is -0.457 e. The van der Waals surface area contributed by atoms with Crippen molar-refractivity contribution in [1.82, 2.24) is 14.1 Å². The van der Waals surface area contributed by atoms with Gasteiger partial charge in [-0.1, -0.05) is 175 Å². The molecule has 0 saturated heterocycles. The summed E-state index contributed by atoms with van der Waals surface area (Å²) in [4.78, 5) is 9.36. The van der Waals surface area contributed by atoms with Gasteiger partial charge in [0.2, 0.25) is 0 Å². The summed E-state index contributed by atoms with van der Waals surface area (Å²) in [6.07, 6.45) is 1.17. The first-order valence-corrected chi connectivity index (χ1v) is 24.8. The first kappa shape index (κ1) is 31.7. The van der Waals surface area contributed by atoms with Crippen LogP contribution in [0.3, 0.4) is 0 Å². The van der Waals surface area contributed by atoms with Gasteiger partial charge in [0.05, 0.1) is 56.9 Å². The second kappa shape index (κ2) is 17.7. The summed E-state index contributed by atoms with van der Waals surface area (Å²) in [5.41, 5.74) is 7.53. The fraction of sp³-hybridized carbons (Fsp3) is 0.145. The second-order valence-electron chi connectivity index (χ2n) is 21.0. The van der Waals surface area contributed by atoms with Crippen molar-refractivity contribution in [2.45, 2.75) is 59.2 Å². The Bertz CT molecular complexity index is 4940. The molecule has 1 aliphatic heterocycles. The quantitative estimate of drug-likeness (QED) is 0.152. The third kappa shape index (κ3) is 8.00. The highest BCUT2D eigenvalue weighted by molar-refractivity contribution is 6.17. The van der Waals surface area contributed by atoms with E-state index in [2.05, 4.69) is 99.9 Å². The number of fused-ring (bicyclic) bond motifs is 7. The van der Waals surface area contributed by atoms with Crippen LogP contribution in [0, 0.1) is 6.85 Å². The smallest absolute Gasteiger partial charge is 0.137 e. The first-order valence-electron chi connectivity index (χ1n) is 32.8. The average molecular weight is 990 g/mol. The number of nitrogens with zero attached hydrogens (tertiary/aromatic N) is 5. The molecule has 0 fully saturated rings. The van der Waals surface area contributed by atoms with Crippen molar-refractivity contribution < 1.29 is 26.7 Å². The minimum absolute atomic E-state index is 0.0138. The number of aryl methyl sites for hydroxylation is 1. The number of anilines is 4. The fourth-order valence-electron chi connectivity index (χ4n) is 10.3. The molecule has 0 amide bonds. The molecule has 1 aliphatic rings. The van der Waals surface area contributed by atoms with Crippen molar-refractivity contribution in [3.8, 4) is 45.3 Å². The number of para-hydroxylation sites is 3. The molecule has 3 aromatic heterocycles. The van der Waals surface area contributed by atoms with Crippen molar-refractivity contribution in [2.75, 3.05) is 16.5 Å². The summed E-state index contributed by atoms with van der Waals surface area (Å²) in [5.74, 6) is 0.504. The van der Waals surface area contributed by atoms with Crippen molar-refractivity contribution in [2.24, 2.45) is 0 Å². The molecule has 0 radical (unpaired) electrons. The molecule has 0 unspecified atom stereocenters. The minimum atomic E-state index is -2.95. The molecule has 0 N–H and O–H groups in total. The number of aromatic nitrogens is 3. The van der Waals surface area contributed by atoms with Crippen LogP contribution in [0.15, 0.2) is 218 Å². The van der Waals surface area contributed by atoms with Crippen LogP contribution in [-0.2, 0) is 10.8 Å². The summed E-state index contributed by atoms with van der Waals surface area (Å²) >= 11 is 0. The van der Waals surface area contributed by atoms with Gasteiger partial charge >= 0.3 is 0 Å². The van der Waals surface area contributed by atoms with Crippen LogP contribution in [0.2, 0.25) is 0 Å². The van der Waals surface area contributed by atoms with Gasteiger partial charge < -0.3 is 19.1 Å². The molecule has 0 bridgehead atoms. The van der Waals surface area contributed by atoms with Crippen LogP contribution in [0.1, 0.15) is 80.2 Å². The van der Waals surface area contributed by atoms with Gasteiger partial charge in [0.1, 0.15) is 24.0 Å². The molecule has 75 heavy (non-hydrogen) atoms. The van der Waals surface area contributed by atoms with Crippen LogP contribution in [0.25, 0.3) is 77.4 Å². The molecule has 9 aromatic carbocycles. The molecule has 4 heterocycles. The molecular weight excluding hydrogens is 915 g/mol.